The predicted octanol–water partition coefficient (Wildman–Crippen LogP) is -0.519. The summed E-state index contributed by atoms with van der Waals surface area (Å²) in [6, 6.07) is -0.155. The summed E-state index contributed by atoms with van der Waals surface area (Å²) in [5.41, 5.74) is 0. The van der Waals surface area contributed by atoms with Crippen molar-refractivity contribution in [3.63, 3.8) is 0 Å². The second kappa shape index (κ2) is 4.08. The highest BCUT2D eigenvalue weighted by atomic mass is 17.0. The molecule has 13 heavy (non-hydrogen) atoms. The van der Waals surface area contributed by atoms with Crippen molar-refractivity contribution >= 4 is 13.4 Å². The van der Waals surface area contributed by atoms with Gasteiger partial charge in [-0.1, -0.05) is 5.14 Å². The van der Waals surface area contributed by atoms with Crippen molar-refractivity contribution in [3.8, 4) is 0 Å². The number of hydrogen-bond donors (Lipinski definition) is 1. The van der Waals surface area contributed by atoms with Gasteiger partial charge in [0, 0.05) is 0 Å². The van der Waals surface area contributed by atoms with Crippen LogP contribution in [0.25, 0.3) is 0 Å². The summed E-state index contributed by atoms with van der Waals surface area (Å²) >= 11 is 0. The zero-order valence-corrected chi connectivity index (χ0v) is 7.36. The van der Waals surface area contributed by atoms with E-state index in [9.17, 15) is 4.79 Å². The third-order valence-electron chi connectivity index (χ3n) is 2.14. The summed E-state index contributed by atoms with van der Waals surface area (Å²) in [5.74, 6) is -0.254. The van der Waals surface area contributed by atoms with E-state index in [1.807, 2.05) is 0 Å². The first-order valence-corrected chi connectivity index (χ1v) is 4.57. The number of nitrogens with one attached hydrogen (secondary N) is 1. The molecule has 0 aromatic rings. The van der Waals surface area contributed by atoms with Gasteiger partial charge in [0.15, 0.2) is 0 Å². The van der Waals surface area contributed by atoms with Crippen molar-refractivity contribution in [2.24, 2.45) is 0 Å². The molecular weight excluding hydrogens is 171 g/mol. The Hall–Kier alpha value is -0.585. The van der Waals surface area contributed by atoms with Crippen LogP contribution in [-0.2, 0) is 14.5 Å². The van der Waals surface area contributed by atoms with Gasteiger partial charge in [0.05, 0.1) is 6.61 Å². The Morgan fingerprint density at radius 2 is 2.62 bits per heavy atom. The highest BCUT2D eigenvalue weighted by molar-refractivity contribution is 6.31. The maximum Gasteiger partial charge on any atom is 0.343 e. The fourth-order valence-electron chi connectivity index (χ4n) is 1.46. The van der Waals surface area contributed by atoms with Gasteiger partial charge in [-0.25, -0.2) is 4.79 Å². The first-order valence-electron chi connectivity index (χ1n) is 4.57. The molecule has 1 N–H and O–H groups in total. The predicted molar refractivity (Wildman–Crippen MR) is 45.5 cm³/mol. The maximum atomic E-state index is 11.4. The first kappa shape index (κ1) is 8.99. The fraction of sp³-hybridized carbons (Fsp3) is 0.857. The van der Waals surface area contributed by atoms with Gasteiger partial charge in [0.25, 0.3) is 0 Å². The van der Waals surface area contributed by atoms with Gasteiger partial charge in [-0.15, -0.1) is 0 Å². The van der Waals surface area contributed by atoms with E-state index in [2.05, 4.69) is 5.32 Å². The lowest BCUT2D eigenvalue weighted by atomic mass is 9.93. The molecule has 2 rings (SSSR count). The zero-order valence-electron chi connectivity index (χ0n) is 7.36. The minimum atomic E-state index is -0.254. The average molecular weight is 183 g/mol. The monoisotopic (exact) mass is 183 g/mol. The number of carbonyl (C=O) groups is 1. The van der Waals surface area contributed by atoms with E-state index in [-0.39, 0.29) is 12.0 Å². The topological polar surface area (TPSA) is 50.8 Å². The van der Waals surface area contributed by atoms with Crippen LogP contribution >= 0.6 is 0 Å². The van der Waals surface area contributed by atoms with Gasteiger partial charge in [-0.2, -0.15) is 0 Å². The normalized spacial score (nSPS) is 28.8. The van der Waals surface area contributed by atoms with Crippen LogP contribution in [-0.4, -0.2) is 37.7 Å². The van der Waals surface area contributed by atoms with Crippen LogP contribution in [0.3, 0.4) is 0 Å². The Kier molecular flexibility index (Phi) is 2.82. The molecular formula is C7H12BN2O3. The highest BCUT2D eigenvalue weighted by Gasteiger charge is 2.27. The van der Waals surface area contributed by atoms with E-state index < -0.39 is 0 Å². The minimum absolute atomic E-state index is 0.155. The number of hydrogen-bond acceptors (Lipinski definition) is 5. The average Bonchev–Trinajstić information content (AvgIpc) is 2.74. The number of rotatable bonds is 2. The third kappa shape index (κ3) is 2.21. The summed E-state index contributed by atoms with van der Waals surface area (Å²) < 4.78 is 0. The Labute approximate surface area is 77.5 Å². The van der Waals surface area contributed by atoms with E-state index in [4.69, 9.17) is 9.68 Å². The molecule has 71 valence electrons. The van der Waals surface area contributed by atoms with Crippen molar-refractivity contribution in [2.45, 2.75) is 25.2 Å². The smallest absolute Gasteiger partial charge is 0.343 e. The molecule has 0 saturated carbocycles. The summed E-state index contributed by atoms with van der Waals surface area (Å²) in [6.45, 7) is 1.48. The highest BCUT2D eigenvalue weighted by Crippen LogP contribution is 2.10. The molecule has 1 radical (unpaired) electrons. The van der Waals surface area contributed by atoms with Gasteiger partial charge >= 0.3 is 13.4 Å². The van der Waals surface area contributed by atoms with Crippen molar-refractivity contribution in [3.05, 3.63) is 0 Å². The lowest BCUT2D eigenvalue weighted by molar-refractivity contribution is -0.276. The summed E-state index contributed by atoms with van der Waals surface area (Å²) in [4.78, 5) is 21.3. The lowest BCUT2D eigenvalue weighted by Gasteiger charge is -2.16. The second-order valence-corrected chi connectivity index (χ2v) is 3.15. The second-order valence-electron chi connectivity index (χ2n) is 3.15. The first-order chi connectivity index (χ1) is 6.36. The third-order valence-corrected chi connectivity index (χ3v) is 2.14. The molecule has 2 heterocycles. The van der Waals surface area contributed by atoms with Crippen LogP contribution in [0.4, 0.5) is 0 Å². The van der Waals surface area contributed by atoms with E-state index in [1.165, 1.54) is 0 Å². The molecule has 5 nitrogen and oxygen atoms in total. The molecule has 2 saturated heterocycles. The Morgan fingerprint density at radius 3 is 3.23 bits per heavy atom. The van der Waals surface area contributed by atoms with Gasteiger partial charge < -0.3 is 10.2 Å². The summed E-state index contributed by atoms with van der Waals surface area (Å²) in [5, 5.41) is 4.21. The Balaban J connectivity index is 1.76. The van der Waals surface area contributed by atoms with Gasteiger partial charge in [0.1, 0.15) is 6.04 Å². The van der Waals surface area contributed by atoms with Crippen LogP contribution in [0.5, 0.6) is 0 Å². The molecule has 1 atom stereocenters. The molecule has 2 fully saturated rings. The molecule has 0 unspecified atom stereocenters. The molecule has 0 aromatic heterocycles. The summed E-state index contributed by atoms with van der Waals surface area (Å²) in [7, 11) is 1.72. The quantitative estimate of drug-likeness (QED) is 0.583. The zero-order chi connectivity index (χ0) is 9.10. The van der Waals surface area contributed by atoms with Crippen molar-refractivity contribution < 1.29 is 14.5 Å². The standard InChI is InChI=1S/C7H12BN2O3/c11-7(6-2-1-4-9-6)13-10-8-3-5-12-10/h6,9H,1-5H2/t6-/m0/s1. The SMILES string of the molecule is O=C(ON1[B]CCO1)[C@@H]1CCCN1. The van der Waals surface area contributed by atoms with Crippen LogP contribution in [0.15, 0.2) is 0 Å². The molecule has 0 bridgehead atoms. The van der Waals surface area contributed by atoms with Crippen LogP contribution in [0, 0.1) is 0 Å². The molecule has 0 aromatic carbocycles. The largest absolute Gasteiger partial charge is 0.355 e. The summed E-state index contributed by atoms with van der Waals surface area (Å²) in [6.07, 6.45) is 2.68. The molecule has 6 heteroatoms. The molecule has 0 amide bonds. The van der Waals surface area contributed by atoms with Crippen molar-refractivity contribution in [2.75, 3.05) is 13.2 Å². The fourth-order valence-corrected chi connectivity index (χ4v) is 1.46. The Bertz CT molecular complexity index is 190. The van der Waals surface area contributed by atoms with Gasteiger partial charge in [0.2, 0.25) is 0 Å². The molecule has 2 aliphatic rings. The molecule has 2 aliphatic heterocycles. The molecule has 0 spiro atoms. The van der Waals surface area contributed by atoms with Gasteiger partial charge in [-0.05, 0) is 25.7 Å². The lowest BCUT2D eigenvalue weighted by Crippen LogP contribution is -2.37. The number of carbonyl (C=O) groups excluding carboxylic acids is 1. The Morgan fingerprint density at radius 1 is 1.69 bits per heavy atom. The van der Waals surface area contributed by atoms with E-state index in [0.29, 0.717) is 6.61 Å². The number of nitrogens with zero attached hydrogens (tertiary/aromatic N) is 1. The van der Waals surface area contributed by atoms with E-state index in [1.54, 1.807) is 7.41 Å². The van der Waals surface area contributed by atoms with E-state index >= 15 is 0 Å². The minimum Gasteiger partial charge on any atom is -0.355 e. The van der Waals surface area contributed by atoms with E-state index in [0.717, 1.165) is 30.8 Å². The van der Waals surface area contributed by atoms with Crippen LogP contribution in [0.1, 0.15) is 12.8 Å². The van der Waals surface area contributed by atoms with Gasteiger partial charge in [-0.3, -0.25) is 4.84 Å². The van der Waals surface area contributed by atoms with Crippen LogP contribution in [0.2, 0.25) is 6.32 Å². The van der Waals surface area contributed by atoms with Crippen molar-refractivity contribution in [1.82, 2.24) is 10.5 Å². The maximum absolute atomic E-state index is 11.4. The van der Waals surface area contributed by atoms with Crippen molar-refractivity contribution in [1.29, 1.82) is 0 Å². The van der Waals surface area contributed by atoms with Crippen LogP contribution < -0.4 is 5.32 Å². The molecule has 0 aliphatic carbocycles.